The van der Waals surface area contributed by atoms with Crippen molar-refractivity contribution < 1.29 is 0 Å². The second-order valence-corrected chi connectivity index (χ2v) is 4.15. The van der Waals surface area contributed by atoms with E-state index in [0.29, 0.717) is 5.69 Å². The van der Waals surface area contributed by atoms with Crippen molar-refractivity contribution in [2.75, 3.05) is 0 Å². The lowest BCUT2D eigenvalue weighted by atomic mass is 10.2. The molecule has 0 radical (unpaired) electrons. The summed E-state index contributed by atoms with van der Waals surface area (Å²) in [5, 5.41) is 18.2. The zero-order valence-electron chi connectivity index (χ0n) is 8.29. The number of nitriles is 1. The third-order valence-electron chi connectivity index (χ3n) is 2.44. The summed E-state index contributed by atoms with van der Waals surface area (Å²) in [6, 6.07) is 11.9. The molecule has 3 aromatic rings. The number of rotatable bonds is 1. The lowest BCUT2D eigenvalue weighted by molar-refractivity contribution is 0.906. The summed E-state index contributed by atoms with van der Waals surface area (Å²) in [7, 11) is 0. The maximum Gasteiger partial charge on any atom is 0.170 e. The summed E-state index contributed by atoms with van der Waals surface area (Å²) in [4.78, 5) is 0. The molecule has 3 nitrogen and oxygen atoms in total. The van der Waals surface area contributed by atoms with Crippen molar-refractivity contribution >= 4 is 22.2 Å². The Labute approximate surface area is 96.2 Å². The predicted octanol–water partition coefficient (Wildman–Crippen LogP) is 2.96. The monoisotopic (exact) mass is 225 g/mol. The predicted molar refractivity (Wildman–Crippen MR) is 63.7 cm³/mol. The van der Waals surface area contributed by atoms with Crippen LogP contribution in [0.3, 0.4) is 0 Å². The van der Waals surface area contributed by atoms with Crippen LogP contribution in [-0.4, -0.2) is 9.78 Å². The molecule has 3 rings (SSSR count). The minimum atomic E-state index is 0.474. The normalized spacial score (nSPS) is 10.4. The Morgan fingerprint density at radius 1 is 1.25 bits per heavy atom. The fourth-order valence-corrected chi connectivity index (χ4v) is 2.34. The summed E-state index contributed by atoms with van der Waals surface area (Å²) in [6.07, 6.45) is 0. The second kappa shape index (κ2) is 3.47. The van der Waals surface area contributed by atoms with Crippen LogP contribution in [0.5, 0.6) is 0 Å². The van der Waals surface area contributed by atoms with Crippen LogP contribution < -0.4 is 0 Å². The van der Waals surface area contributed by atoms with Gasteiger partial charge in [-0.05, 0) is 23.6 Å². The highest BCUT2D eigenvalue weighted by molar-refractivity contribution is 7.08. The highest BCUT2D eigenvalue weighted by Crippen LogP contribution is 2.22. The molecular formula is C12H7N3S. The largest absolute Gasteiger partial charge is 0.231 e. The highest BCUT2D eigenvalue weighted by Gasteiger charge is 2.10. The fraction of sp³-hybridized carbons (Fsp3) is 0. The van der Waals surface area contributed by atoms with E-state index in [1.807, 2.05) is 45.8 Å². The van der Waals surface area contributed by atoms with Crippen LogP contribution in [-0.2, 0) is 0 Å². The van der Waals surface area contributed by atoms with Crippen molar-refractivity contribution in [2.24, 2.45) is 0 Å². The Kier molecular flexibility index (Phi) is 1.98. The molecule has 0 saturated carbocycles. The van der Waals surface area contributed by atoms with E-state index in [2.05, 4.69) is 11.2 Å². The van der Waals surface area contributed by atoms with Crippen LogP contribution in [0.4, 0.5) is 0 Å². The van der Waals surface area contributed by atoms with E-state index in [0.717, 1.165) is 16.6 Å². The number of hydrogen-bond donors (Lipinski definition) is 0. The second-order valence-electron chi connectivity index (χ2n) is 3.37. The van der Waals surface area contributed by atoms with Crippen LogP contribution in [0.25, 0.3) is 16.6 Å². The van der Waals surface area contributed by atoms with Gasteiger partial charge in [0.25, 0.3) is 0 Å². The van der Waals surface area contributed by atoms with Crippen molar-refractivity contribution in [1.29, 1.82) is 5.26 Å². The first kappa shape index (κ1) is 9.13. The zero-order chi connectivity index (χ0) is 11.0. The average molecular weight is 225 g/mol. The molecule has 0 atom stereocenters. The minimum Gasteiger partial charge on any atom is -0.231 e. The third kappa shape index (κ3) is 1.23. The molecule has 0 N–H and O–H groups in total. The van der Waals surface area contributed by atoms with Gasteiger partial charge in [-0.15, -0.1) is 0 Å². The first-order chi connectivity index (χ1) is 7.90. The van der Waals surface area contributed by atoms with Gasteiger partial charge in [0.05, 0.1) is 11.2 Å². The van der Waals surface area contributed by atoms with Gasteiger partial charge in [0.1, 0.15) is 6.07 Å². The number of hydrogen-bond acceptors (Lipinski definition) is 3. The molecule has 0 fully saturated rings. The molecule has 2 heterocycles. The maximum atomic E-state index is 9.02. The summed E-state index contributed by atoms with van der Waals surface area (Å²) in [5.74, 6) is 0. The van der Waals surface area contributed by atoms with Crippen LogP contribution in [0.1, 0.15) is 5.69 Å². The smallest absolute Gasteiger partial charge is 0.170 e. The van der Waals surface area contributed by atoms with Crippen molar-refractivity contribution in [3.63, 3.8) is 0 Å². The van der Waals surface area contributed by atoms with Crippen LogP contribution in [0.15, 0.2) is 41.1 Å². The Balaban J connectivity index is 2.39. The summed E-state index contributed by atoms with van der Waals surface area (Å²) < 4.78 is 1.81. The minimum absolute atomic E-state index is 0.474. The average Bonchev–Trinajstić information content (AvgIpc) is 2.95. The molecule has 4 heteroatoms. The first-order valence-electron chi connectivity index (χ1n) is 4.80. The van der Waals surface area contributed by atoms with Gasteiger partial charge in [0.15, 0.2) is 5.69 Å². The number of benzene rings is 1. The van der Waals surface area contributed by atoms with Crippen LogP contribution in [0, 0.1) is 11.3 Å². The Morgan fingerprint density at radius 3 is 2.88 bits per heavy atom. The van der Waals surface area contributed by atoms with Gasteiger partial charge in [0.2, 0.25) is 0 Å². The van der Waals surface area contributed by atoms with Crippen molar-refractivity contribution in [1.82, 2.24) is 9.78 Å². The number of fused-ring (bicyclic) bond motifs is 1. The first-order valence-corrected chi connectivity index (χ1v) is 5.75. The molecule has 0 aliphatic heterocycles. The Morgan fingerprint density at radius 2 is 2.12 bits per heavy atom. The van der Waals surface area contributed by atoms with Crippen LogP contribution in [0.2, 0.25) is 0 Å². The quantitative estimate of drug-likeness (QED) is 0.639. The van der Waals surface area contributed by atoms with Crippen LogP contribution >= 0.6 is 11.3 Å². The Bertz CT molecular complexity index is 674. The lowest BCUT2D eigenvalue weighted by Gasteiger charge is -1.97. The number of thiophene rings is 1. The zero-order valence-corrected chi connectivity index (χ0v) is 9.11. The van der Waals surface area contributed by atoms with Crippen molar-refractivity contribution in [2.45, 2.75) is 0 Å². The van der Waals surface area contributed by atoms with Gasteiger partial charge in [0, 0.05) is 10.8 Å². The van der Waals surface area contributed by atoms with E-state index in [-0.39, 0.29) is 0 Å². The molecule has 0 saturated heterocycles. The summed E-state index contributed by atoms with van der Waals surface area (Å²) >= 11 is 1.62. The molecular weight excluding hydrogens is 218 g/mol. The van der Waals surface area contributed by atoms with Crippen molar-refractivity contribution in [3.05, 3.63) is 46.8 Å². The van der Waals surface area contributed by atoms with E-state index in [4.69, 9.17) is 5.26 Å². The van der Waals surface area contributed by atoms with E-state index >= 15 is 0 Å². The molecule has 0 unspecified atom stereocenters. The molecule has 0 amide bonds. The maximum absolute atomic E-state index is 9.02. The molecule has 0 aliphatic rings. The number of nitrogens with zero attached hydrogens (tertiary/aromatic N) is 3. The molecule has 16 heavy (non-hydrogen) atoms. The number of aromatic nitrogens is 2. The molecule has 76 valence electrons. The summed E-state index contributed by atoms with van der Waals surface area (Å²) in [6.45, 7) is 0. The number of para-hydroxylation sites is 1. The van der Waals surface area contributed by atoms with Gasteiger partial charge >= 0.3 is 0 Å². The molecule has 2 aromatic heterocycles. The van der Waals surface area contributed by atoms with Gasteiger partial charge in [-0.2, -0.15) is 21.7 Å². The highest BCUT2D eigenvalue weighted by atomic mass is 32.1. The van der Waals surface area contributed by atoms with Gasteiger partial charge in [-0.3, -0.25) is 0 Å². The standard InChI is InChI=1S/C12H7N3S/c13-7-11-10-3-1-2-4-12(10)15(14-11)9-5-6-16-8-9/h1-6,8H. The van der Waals surface area contributed by atoms with E-state index in [9.17, 15) is 0 Å². The molecule has 0 spiro atoms. The molecule has 0 aliphatic carbocycles. The summed E-state index contributed by atoms with van der Waals surface area (Å²) in [5.41, 5.74) is 2.45. The van der Waals surface area contributed by atoms with E-state index in [1.165, 1.54) is 0 Å². The van der Waals surface area contributed by atoms with Gasteiger partial charge in [-0.1, -0.05) is 12.1 Å². The van der Waals surface area contributed by atoms with E-state index < -0.39 is 0 Å². The topological polar surface area (TPSA) is 41.6 Å². The molecule has 0 bridgehead atoms. The van der Waals surface area contributed by atoms with Gasteiger partial charge in [-0.25, -0.2) is 4.68 Å². The third-order valence-corrected chi connectivity index (χ3v) is 3.11. The molecule has 1 aromatic carbocycles. The lowest BCUT2D eigenvalue weighted by Crippen LogP contribution is -1.93. The fourth-order valence-electron chi connectivity index (χ4n) is 1.72. The van der Waals surface area contributed by atoms with Crippen molar-refractivity contribution in [3.8, 4) is 11.8 Å². The van der Waals surface area contributed by atoms with E-state index in [1.54, 1.807) is 11.3 Å². The Hall–Kier alpha value is -2.12. The SMILES string of the molecule is N#Cc1nn(-c2ccsc2)c2ccccc12. The van der Waals surface area contributed by atoms with Gasteiger partial charge < -0.3 is 0 Å².